The van der Waals surface area contributed by atoms with Crippen molar-refractivity contribution in [1.29, 1.82) is 0 Å². The Labute approximate surface area is 89.9 Å². The molecular formula is C13H16O2. The van der Waals surface area contributed by atoms with Gasteiger partial charge in [0.05, 0.1) is 5.92 Å². The van der Waals surface area contributed by atoms with Crippen LogP contribution in [0, 0.1) is 11.8 Å². The number of aryl methyl sites for hydroxylation is 1. The second kappa shape index (κ2) is 4.47. The minimum absolute atomic E-state index is 0.120. The van der Waals surface area contributed by atoms with E-state index >= 15 is 0 Å². The molecule has 1 atom stereocenters. The van der Waals surface area contributed by atoms with Crippen molar-refractivity contribution < 1.29 is 9.90 Å². The minimum Gasteiger partial charge on any atom is -0.481 e. The first kappa shape index (κ1) is 10.2. The Balaban J connectivity index is 1.88. The quantitative estimate of drug-likeness (QED) is 0.800. The van der Waals surface area contributed by atoms with Gasteiger partial charge in [-0.1, -0.05) is 30.3 Å². The van der Waals surface area contributed by atoms with E-state index in [-0.39, 0.29) is 5.92 Å². The summed E-state index contributed by atoms with van der Waals surface area (Å²) in [5.74, 6) is -0.287. The lowest BCUT2D eigenvalue weighted by Gasteiger charge is -2.10. The molecule has 0 bridgehead atoms. The molecule has 1 fully saturated rings. The van der Waals surface area contributed by atoms with Gasteiger partial charge in [0.25, 0.3) is 0 Å². The SMILES string of the molecule is O=C(O)C(CCc1ccccc1)C1CC1. The van der Waals surface area contributed by atoms with Gasteiger partial charge in [-0.15, -0.1) is 0 Å². The van der Waals surface area contributed by atoms with Crippen molar-refractivity contribution >= 4 is 5.97 Å². The van der Waals surface area contributed by atoms with Gasteiger partial charge in [0.15, 0.2) is 0 Å². The number of carboxylic acids is 1. The molecule has 1 saturated carbocycles. The van der Waals surface area contributed by atoms with Crippen molar-refractivity contribution in [2.45, 2.75) is 25.7 Å². The average Bonchev–Trinajstić information content (AvgIpc) is 3.03. The van der Waals surface area contributed by atoms with Crippen LogP contribution < -0.4 is 0 Å². The van der Waals surface area contributed by atoms with Crippen molar-refractivity contribution in [2.24, 2.45) is 11.8 Å². The van der Waals surface area contributed by atoms with Crippen molar-refractivity contribution in [2.75, 3.05) is 0 Å². The molecule has 2 rings (SSSR count). The molecule has 2 heteroatoms. The highest BCUT2D eigenvalue weighted by atomic mass is 16.4. The number of rotatable bonds is 5. The third kappa shape index (κ3) is 2.82. The summed E-state index contributed by atoms with van der Waals surface area (Å²) in [7, 11) is 0. The van der Waals surface area contributed by atoms with E-state index in [4.69, 9.17) is 5.11 Å². The van der Waals surface area contributed by atoms with Crippen LogP contribution in [0.2, 0.25) is 0 Å². The molecule has 1 N–H and O–H groups in total. The summed E-state index contributed by atoms with van der Waals surface area (Å²) in [6.45, 7) is 0. The van der Waals surface area contributed by atoms with Gasteiger partial charge in [0.2, 0.25) is 0 Å². The zero-order chi connectivity index (χ0) is 10.7. The highest BCUT2D eigenvalue weighted by molar-refractivity contribution is 5.70. The first-order valence-corrected chi connectivity index (χ1v) is 5.54. The molecule has 0 spiro atoms. The summed E-state index contributed by atoms with van der Waals surface area (Å²) in [6.07, 6.45) is 3.87. The van der Waals surface area contributed by atoms with Crippen LogP contribution in [0.1, 0.15) is 24.8 Å². The Morgan fingerprint density at radius 2 is 2.00 bits per heavy atom. The third-order valence-corrected chi connectivity index (χ3v) is 3.10. The molecule has 1 aromatic rings. The molecule has 1 unspecified atom stereocenters. The summed E-state index contributed by atoms with van der Waals surface area (Å²) < 4.78 is 0. The Kier molecular flexibility index (Phi) is 3.05. The second-order valence-electron chi connectivity index (χ2n) is 4.31. The second-order valence-corrected chi connectivity index (χ2v) is 4.31. The fourth-order valence-corrected chi connectivity index (χ4v) is 2.03. The predicted molar refractivity (Wildman–Crippen MR) is 58.6 cm³/mol. The van der Waals surface area contributed by atoms with Crippen LogP contribution in [0.3, 0.4) is 0 Å². The molecule has 1 aliphatic rings. The standard InChI is InChI=1S/C13H16O2/c14-13(15)12(11-7-8-11)9-6-10-4-2-1-3-5-10/h1-5,11-12H,6-9H2,(H,14,15). The summed E-state index contributed by atoms with van der Waals surface area (Å²) in [4.78, 5) is 11.0. The summed E-state index contributed by atoms with van der Waals surface area (Å²) in [6, 6.07) is 10.1. The van der Waals surface area contributed by atoms with Gasteiger partial charge in [-0.3, -0.25) is 4.79 Å². The zero-order valence-corrected chi connectivity index (χ0v) is 8.73. The Hall–Kier alpha value is -1.31. The molecule has 80 valence electrons. The lowest BCUT2D eigenvalue weighted by Crippen LogP contribution is -2.16. The van der Waals surface area contributed by atoms with E-state index in [9.17, 15) is 4.79 Å². The van der Waals surface area contributed by atoms with E-state index in [1.165, 1.54) is 5.56 Å². The number of hydrogen-bond donors (Lipinski definition) is 1. The molecule has 0 saturated heterocycles. The van der Waals surface area contributed by atoms with Crippen LogP contribution in [0.5, 0.6) is 0 Å². The van der Waals surface area contributed by atoms with Crippen LogP contribution in [0.25, 0.3) is 0 Å². The maximum Gasteiger partial charge on any atom is 0.306 e. The normalized spacial score (nSPS) is 17.3. The fourth-order valence-electron chi connectivity index (χ4n) is 2.03. The maximum atomic E-state index is 11.0. The zero-order valence-electron chi connectivity index (χ0n) is 8.73. The van der Waals surface area contributed by atoms with E-state index < -0.39 is 5.97 Å². The molecule has 2 nitrogen and oxygen atoms in total. The van der Waals surface area contributed by atoms with Crippen molar-refractivity contribution in [3.63, 3.8) is 0 Å². The molecule has 0 heterocycles. The molecule has 15 heavy (non-hydrogen) atoms. The molecule has 1 aromatic carbocycles. The fraction of sp³-hybridized carbons (Fsp3) is 0.462. The number of hydrogen-bond acceptors (Lipinski definition) is 1. The van der Waals surface area contributed by atoms with Crippen LogP contribution in [0.15, 0.2) is 30.3 Å². The molecule has 0 aromatic heterocycles. The molecule has 0 amide bonds. The van der Waals surface area contributed by atoms with E-state index in [0.717, 1.165) is 25.7 Å². The van der Waals surface area contributed by atoms with Gasteiger partial charge in [-0.05, 0) is 37.2 Å². The molecule has 1 aliphatic carbocycles. The number of carbonyl (C=O) groups is 1. The van der Waals surface area contributed by atoms with Crippen LogP contribution in [0.4, 0.5) is 0 Å². The van der Waals surface area contributed by atoms with Gasteiger partial charge in [-0.2, -0.15) is 0 Å². The number of carboxylic acid groups (broad SMARTS) is 1. The minimum atomic E-state index is -0.617. The maximum absolute atomic E-state index is 11.0. The van der Waals surface area contributed by atoms with E-state index in [0.29, 0.717) is 5.92 Å². The van der Waals surface area contributed by atoms with Gasteiger partial charge in [0, 0.05) is 0 Å². The van der Waals surface area contributed by atoms with Crippen LogP contribution >= 0.6 is 0 Å². The molecular weight excluding hydrogens is 188 g/mol. The number of benzene rings is 1. The summed E-state index contributed by atoms with van der Waals surface area (Å²) in [5, 5.41) is 9.06. The highest BCUT2D eigenvalue weighted by Crippen LogP contribution is 2.39. The van der Waals surface area contributed by atoms with Gasteiger partial charge in [0.1, 0.15) is 0 Å². The van der Waals surface area contributed by atoms with E-state index in [1.807, 2.05) is 18.2 Å². The van der Waals surface area contributed by atoms with Crippen LogP contribution in [-0.2, 0) is 11.2 Å². The highest BCUT2D eigenvalue weighted by Gasteiger charge is 2.35. The first-order valence-electron chi connectivity index (χ1n) is 5.54. The number of aliphatic carboxylic acids is 1. The Bertz CT molecular complexity index is 328. The van der Waals surface area contributed by atoms with E-state index in [2.05, 4.69) is 12.1 Å². The monoisotopic (exact) mass is 204 g/mol. The predicted octanol–water partition coefficient (Wildman–Crippen LogP) is 2.73. The van der Waals surface area contributed by atoms with Crippen molar-refractivity contribution in [1.82, 2.24) is 0 Å². The lowest BCUT2D eigenvalue weighted by molar-refractivity contribution is -0.142. The average molecular weight is 204 g/mol. The smallest absolute Gasteiger partial charge is 0.306 e. The Morgan fingerprint density at radius 1 is 1.33 bits per heavy atom. The largest absolute Gasteiger partial charge is 0.481 e. The summed E-state index contributed by atoms with van der Waals surface area (Å²) in [5.41, 5.74) is 1.24. The Morgan fingerprint density at radius 3 is 2.53 bits per heavy atom. The molecule has 0 aliphatic heterocycles. The third-order valence-electron chi connectivity index (χ3n) is 3.10. The topological polar surface area (TPSA) is 37.3 Å². The lowest BCUT2D eigenvalue weighted by atomic mass is 9.95. The molecule has 0 radical (unpaired) electrons. The van der Waals surface area contributed by atoms with Crippen molar-refractivity contribution in [3.05, 3.63) is 35.9 Å². The van der Waals surface area contributed by atoms with E-state index in [1.54, 1.807) is 0 Å². The van der Waals surface area contributed by atoms with Gasteiger partial charge >= 0.3 is 5.97 Å². The van der Waals surface area contributed by atoms with Gasteiger partial charge < -0.3 is 5.11 Å². The van der Waals surface area contributed by atoms with Crippen molar-refractivity contribution in [3.8, 4) is 0 Å². The van der Waals surface area contributed by atoms with Crippen LogP contribution in [-0.4, -0.2) is 11.1 Å². The summed E-state index contributed by atoms with van der Waals surface area (Å²) >= 11 is 0. The van der Waals surface area contributed by atoms with Gasteiger partial charge in [-0.25, -0.2) is 0 Å². The first-order chi connectivity index (χ1) is 7.27.